The van der Waals surface area contributed by atoms with Crippen molar-refractivity contribution in [3.63, 3.8) is 0 Å². The van der Waals surface area contributed by atoms with Crippen molar-refractivity contribution < 1.29 is 19.4 Å². The normalized spacial score (nSPS) is 11.8. The van der Waals surface area contributed by atoms with Crippen molar-refractivity contribution >= 4 is 27.8 Å². The van der Waals surface area contributed by atoms with Crippen LogP contribution in [0.1, 0.15) is 31.9 Å². The number of fused-ring (bicyclic) bond motifs is 3. The van der Waals surface area contributed by atoms with Gasteiger partial charge in [0.25, 0.3) is 0 Å². The van der Waals surface area contributed by atoms with Crippen LogP contribution in [-0.2, 0) is 21.4 Å². The van der Waals surface area contributed by atoms with Crippen molar-refractivity contribution in [1.82, 2.24) is 9.97 Å². The Morgan fingerprint density at radius 2 is 1.75 bits per heavy atom. The molecule has 6 nitrogen and oxygen atoms in total. The molecule has 0 atom stereocenters. The number of carbonyl (C=O) groups is 1. The zero-order chi connectivity index (χ0) is 22.9. The molecule has 164 valence electrons. The Morgan fingerprint density at radius 1 is 1.03 bits per heavy atom. The minimum Gasteiger partial charge on any atom is -0.481 e. The van der Waals surface area contributed by atoms with Gasteiger partial charge in [0.15, 0.2) is 6.79 Å². The standard InChI is InChI=1S/C26H26N2O4/c1-26(2,3)20-13-16(14-22(29)30)12-19(25(20)32-15-31-4)21-10-9-18-8-7-17-6-5-11-27-23(17)24(18)28-21/h5-13H,14-15H2,1-4H3,(H,29,30). The third-order valence-electron chi connectivity index (χ3n) is 5.34. The lowest BCUT2D eigenvalue weighted by Gasteiger charge is -2.26. The van der Waals surface area contributed by atoms with E-state index in [-0.39, 0.29) is 18.6 Å². The maximum atomic E-state index is 11.5. The van der Waals surface area contributed by atoms with Crippen molar-refractivity contribution in [3.8, 4) is 17.0 Å². The lowest BCUT2D eigenvalue weighted by molar-refractivity contribution is -0.136. The molecule has 4 aromatic rings. The van der Waals surface area contributed by atoms with Gasteiger partial charge in [-0.1, -0.05) is 51.1 Å². The highest BCUT2D eigenvalue weighted by molar-refractivity contribution is 6.03. The summed E-state index contributed by atoms with van der Waals surface area (Å²) in [5, 5.41) is 11.4. The van der Waals surface area contributed by atoms with E-state index in [0.717, 1.165) is 32.9 Å². The number of nitrogens with zero attached hydrogens (tertiary/aromatic N) is 2. The quantitative estimate of drug-likeness (QED) is 0.328. The van der Waals surface area contributed by atoms with Crippen LogP contribution in [0.25, 0.3) is 33.1 Å². The molecule has 2 aromatic heterocycles. The molecule has 0 aliphatic heterocycles. The van der Waals surface area contributed by atoms with E-state index in [2.05, 4.69) is 25.8 Å². The van der Waals surface area contributed by atoms with Gasteiger partial charge in [0.05, 0.1) is 23.1 Å². The van der Waals surface area contributed by atoms with Gasteiger partial charge in [0.2, 0.25) is 0 Å². The zero-order valence-electron chi connectivity index (χ0n) is 18.7. The average Bonchev–Trinajstić information content (AvgIpc) is 2.76. The summed E-state index contributed by atoms with van der Waals surface area (Å²) in [4.78, 5) is 21.0. The largest absolute Gasteiger partial charge is 0.481 e. The first-order valence-corrected chi connectivity index (χ1v) is 10.4. The third kappa shape index (κ3) is 4.27. The van der Waals surface area contributed by atoms with Crippen LogP contribution in [0, 0.1) is 0 Å². The lowest BCUT2D eigenvalue weighted by atomic mass is 9.83. The molecule has 2 heterocycles. The highest BCUT2D eigenvalue weighted by Crippen LogP contribution is 2.41. The molecule has 0 unspecified atom stereocenters. The van der Waals surface area contributed by atoms with Gasteiger partial charge in [-0.05, 0) is 29.2 Å². The minimum absolute atomic E-state index is 0.0758. The van der Waals surface area contributed by atoms with E-state index in [9.17, 15) is 9.90 Å². The highest BCUT2D eigenvalue weighted by Gasteiger charge is 2.25. The lowest BCUT2D eigenvalue weighted by Crippen LogP contribution is -2.16. The fourth-order valence-corrected chi connectivity index (χ4v) is 3.86. The fraction of sp³-hybridized carbons (Fsp3) is 0.269. The summed E-state index contributed by atoms with van der Waals surface area (Å²) < 4.78 is 11.2. The van der Waals surface area contributed by atoms with E-state index < -0.39 is 5.97 Å². The van der Waals surface area contributed by atoms with E-state index in [1.54, 1.807) is 13.3 Å². The van der Waals surface area contributed by atoms with Crippen molar-refractivity contribution in [2.75, 3.05) is 13.9 Å². The maximum Gasteiger partial charge on any atom is 0.307 e. The van der Waals surface area contributed by atoms with Gasteiger partial charge >= 0.3 is 5.97 Å². The predicted molar refractivity (Wildman–Crippen MR) is 125 cm³/mol. The Hall–Kier alpha value is -3.51. The molecule has 0 spiro atoms. The Balaban J connectivity index is 2.00. The van der Waals surface area contributed by atoms with Crippen molar-refractivity contribution in [2.24, 2.45) is 0 Å². The van der Waals surface area contributed by atoms with Gasteiger partial charge < -0.3 is 14.6 Å². The minimum atomic E-state index is -0.886. The molecule has 0 radical (unpaired) electrons. The van der Waals surface area contributed by atoms with Gasteiger partial charge in [-0.2, -0.15) is 0 Å². The number of aliphatic carboxylic acids is 1. The topological polar surface area (TPSA) is 81.5 Å². The van der Waals surface area contributed by atoms with E-state index in [0.29, 0.717) is 17.0 Å². The summed E-state index contributed by atoms with van der Waals surface area (Å²) in [7, 11) is 1.57. The summed E-state index contributed by atoms with van der Waals surface area (Å²) in [5.41, 5.74) is 4.36. The summed E-state index contributed by atoms with van der Waals surface area (Å²) in [6.45, 7) is 6.29. The van der Waals surface area contributed by atoms with Crippen LogP contribution in [0.4, 0.5) is 0 Å². The van der Waals surface area contributed by atoms with E-state index in [1.165, 1.54) is 0 Å². The number of hydrogen-bond acceptors (Lipinski definition) is 5. The number of methoxy groups -OCH3 is 1. The van der Waals surface area contributed by atoms with E-state index in [1.807, 2.05) is 48.5 Å². The second kappa shape index (κ2) is 8.55. The fourth-order valence-electron chi connectivity index (χ4n) is 3.86. The predicted octanol–water partition coefficient (Wildman–Crippen LogP) is 5.36. The molecule has 6 heteroatoms. The number of aromatic nitrogens is 2. The van der Waals surface area contributed by atoms with E-state index in [4.69, 9.17) is 14.5 Å². The van der Waals surface area contributed by atoms with E-state index >= 15 is 0 Å². The Morgan fingerprint density at radius 3 is 2.44 bits per heavy atom. The molecule has 0 saturated carbocycles. The van der Waals surface area contributed by atoms with Crippen LogP contribution in [0.3, 0.4) is 0 Å². The zero-order valence-corrected chi connectivity index (χ0v) is 18.7. The number of rotatable bonds is 6. The summed E-state index contributed by atoms with van der Waals surface area (Å²) in [6.07, 6.45) is 1.67. The van der Waals surface area contributed by atoms with Crippen LogP contribution >= 0.6 is 0 Å². The Bertz CT molecular complexity index is 1310. The van der Waals surface area contributed by atoms with Crippen LogP contribution in [0.5, 0.6) is 5.75 Å². The second-order valence-electron chi connectivity index (χ2n) is 8.80. The number of carboxylic acid groups (broad SMARTS) is 1. The summed E-state index contributed by atoms with van der Waals surface area (Å²) in [6, 6.07) is 15.7. The average molecular weight is 431 g/mol. The molecule has 0 aliphatic rings. The maximum absolute atomic E-state index is 11.5. The monoisotopic (exact) mass is 430 g/mol. The van der Waals surface area contributed by atoms with Crippen LogP contribution in [-0.4, -0.2) is 34.9 Å². The molecule has 32 heavy (non-hydrogen) atoms. The molecule has 0 aliphatic carbocycles. The molecule has 0 bridgehead atoms. The number of ether oxygens (including phenoxy) is 2. The second-order valence-corrected chi connectivity index (χ2v) is 8.80. The van der Waals surface area contributed by atoms with Gasteiger partial charge in [-0.3, -0.25) is 9.78 Å². The van der Waals surface area contributed by atoms with Gasteiger partial charge in [-0.15, -0.1) is 0 Å². The van der Waals surface area contributed by atoms with Crippen LogP contribution < -0.4 is 4.74 Å². The number of carboxylic acids is 1. The molecule has 1 N–H and O–H groups in total. The highest BCUT2D eigenvalue weighted by atomic mass is 16.7. The van der Waals surface area contributed by atoms with Crippen LogP contribution in [0.15, 0.2) is 54.7 Å². The molecule has 0 amide bonds. The number of pyridine rings is 2. The first kappa shape index (κ1) is 21.7. The number of benzene rings is 2. The van der Waals surface area contributed by atoms with Crippen molar-refractivity contribution in [3.05, 3.63) is 65.9 Å². The van der Waals surface area contributed by atoms with Crippen molar-refractivity contribution in [2.45, 2.75) is 32.6 Å². The van der Waals surface area contributed by atoms with Gasteiger partial charge in [0.1, 0.15) is 5.75 Å². The van der Waals surface area contributed by atoms with Gasteiger partial charge in [-0.25, -0.2) is 4.98 Å². The Labute approximate surface area is 186 Å². The molecule has 0 saturated heterocycles. The molecule has 4 rings (SSSR count). The van der Waals surface area contributed by atoms with Crippen LogP contribution in [0.2, 0.25) is 0 Å². The first-order chi connectivity index (χ1) is 15.3. The SMILES string of the molecule is COCOc1c(-c2ccc3ccc4cccnc4c3n2)cc(CC(=O)O)cc1C(C)(C)C. The van der Waals surface area contributed by atoms with Gasteiger partial charge in [0, 0.05) is 35.2 Å². The molecule has 0 fully saturated rings. The first-order valence-electron chi connectivity index (χ1n) is 10.4. The summed E-state index contributed by atoms with van der Waals surface area (Å²) in [5.74, 6) is -0.239. The molecule has 2 aromatic carbocycles. The molecular weight excluding hydrogens is 404 g/mol. The molecular formula is C26H26N2O4. The Kier molecular flexibility index (Phi) is 5.80. The number of hydrogen-bond donors (Lipinski definition) is 1. The third-order valence-corrected chi connectivity index (χ3v) is 5.34. The smallest absolute Gasteiger partial charge is 0.307 e. The summed E-state index contributed by atoms with van der Waals surface area (Å²) >= 11 is 0. The van der Waals surface area contributed by atoms with Crippen molar-refractivity contribution in [1.29, 1.82) is 0 Å².